The number of hydrogen-bond acceptors (Lipinski definition) is 3. The molecular formula is C8H16O3. The molecule has 0 fully saturated rings. The third-order valence-corrected chi connectivity index (χ3v) is 1.12. The first-order valence-electron chi connectivity index (χ1n) is 3.86. The van der Waals surface area contributed by atoms with Crippen LogP contribution in [0.4, 0.5) is 0 Å². The van der Waals surface area contributed by atoms with Gasteiger partial charge < -0.3 is 0 Å². The third-order valence-electron chi connectivity index (χ3n) is 1.12. The lowest BCUT2D eigenvalue weighted by molar-refractivity contribution is -0.289. The molecule has 11 heavy (non-hydrogen) atoms. The van der Waals surface area contributed by atoms with Gasteiger partial charge in [-0.25, -0.2) is 9.78 Å². The minimum Gasteiger partial charge on any atom is -0.297 e. The molecular weight excluding hydrogens is 144 g/mol. The fourth-order valence-corrected chi connectivity index (χ4v) is 0.467. The summed E-state index contributed by atoms with van der Waals surface area (Å²) in [6.45, 7) is 6.29. The van der Waals surface area contributed by atoms with Crippen molar-refractivity contribution in [2.45, 2.75) is 27.2 Å². The summed E-state index contributed by atoms with van der Waals surface area (Å²) < 4.78 is 0. The molecule has 0 heterocycles. The molecule has 66 valence electrons. The Balaban J connectivity index is 2.97. The molecule has 0 aromatic rings. The number of carbonyl (C=O) groups is 1. The smallest absolute Gasteiger partial charge is 0.158 e. The predicted molar refractivity (Wildman–Crippen MR) is 42.0 cm³/mol. The van der Waals surface area contributed by atoms with Crippen LogP contribution in [0.15, 0.2) is 0 Å². The third kappa shape index (κ3) is 9.59. The van der Waals surface area contributed by atoms with Gasteiger partial charge in [0, 0.05) is 0 Å². The van der Waals surface area contributed by atoms with E-state index in [1.807, 2.05) is 0 Å². The van der Waals surface area contributed by atoms with Gasteiger partial charge in [0.15, 0.2) is 5.78 Å². The van der Waals surface area contributed by atoms with Gasteiger partial charge in [-0.2, -0.15) is 0 Å². The number of rotatable bonds is 6. The molecule has 0 radical (unpaired) electrons. The maximum Gasteiger partial charge on any atom is 0.158 e. The molecule has 0 aliphatic rings. The second-order valence-electron chi connectivity index (χ2n) is 2.97. The van der Waals surface area contributed by atoms with Crippen molar-refractivity contribution in [2.75, 3.05) is 13.2 Å². The van der Waals surface area contributed by atoms with Crippen molar-refractivity contribution in [3.05, 3.63) is 0 Å². The molecule has 3 nitrogen and oxygen atoms in total. The van der Waals surface area contributed by atoms with Gasteiger partial charge in [-0.1, -0.05) is 13.8 Å². The molecule has 0 saturated heterocycles. The zero-order valence-corrected chi connectivity index (χ0v) is 7.42. The van der Waals surface area contributed by atoms with Gasteiger partial charge in [-0.3, -0.25) is 4.79 Å². The first kappa shape index (κ1) is 10.6. The highest BCUT2D eigenvalue weighted by molar-refractivity contribution is 5.76. The van der Waals surface area contributed by atoms with Crippen molar-refractivity contribution in [1.29, 1.82) is 0 Å². The Labute approximate surface area is 67.6 Å². The van der Waals surface area contributed by atoms with E-state index < -0.39 is 0 Å². The molecule has 0 spiro atoms. The van der Waals surface area contributed by atoms with E-state index in [0.717, 1.165) is 6.42 Å². The van der Waals surface area contributed by atoms with Crippen LogP contribution in [0.1, 0.15) is 27.2 Å². The van der Waals surface area contributed by atoms with E-state index in [1.54, 1.807) is 0 Å². The second kappa shape index (κ2) is 6.31. The minimum absolute atomic E-state index is 0.0189. The van der Waals surface area contributed by atoms with Gasteiger partial charge in [0.25, 0.3) is 0 Å². The first-order chi connectivity index (χ1) is 5.13. The molecule has 0 saturated carbocycles. The van der Waals surface area contributed by atoms with E-state index in [0.29, 0.717) is 12.5 Å². The molecule has 0 aliphatic heterocycles. The highest BCUT2D eigenvalue weighted by Gasteiger charge is 1.95. The SMILES string of the molecule is CC(=O)COOCCC(C)C. The average molecular weight is 160 g/mol. The van der Waals surface area contributed by atoms with E-state index >= 15 is 0 Å². The Hall–Kier alpha value is -0.410. The van der Waals surface area contributed by atoms with Crippen molar-refractivity contribution in [2.24, 2.45) is 5.92 Å². The monoisotopic (exact) mass is 160 g/mol. The molecule has 0 bridgehead atoms. The van der Waals surface area contributed by atoms with E-state index in [9.17, 15) is 4.79 Å². The number of carbonyl (C=O) groups excluding carboxylic acids is 1. The van der Waals surface area contributed by atoms with Crippen molar-refractivity contribution in [3.8, 4) is 0 Å². The Kier molecular flexibility index (Phi) is 6.07. The van der Waals surface area contributed by atoms with Crippen molar-refractivity contribution < 1.29 is 14.6 Å². The standard InChI is InChI=1S/C8H16O3/c1-7(2)4-5-10-11-6-8(3)9/h7H,4-6H2,1-3H3. The van der Waals surface area contributed by atoms with Crippen LogP contribution in [0, 0.1) is 5.92 Å². The lowest BCUT2D eigenvalue weighted by Gasteiger charge is -2.03. The first-order valence-corrected chi connectivity index (χ1v) is 3.86. The van der Waals surface area contributed by atoms with Crippen LogP contribution in [0.25, 0.3) is 0 Å². The van der Waals surface area contributed by atoms with Crippen LogP contribution in [-0.4, -0.2) is 19.0 Å². The fourth-order valence-electron chi connectivity index (χ4n) is 0.467. The minimum atomic E-state index is -0.0189. The summed E-state index contributed by atoms with van der Waals surface area (Å²) in [6.07, 6.45) is 0.956. The Bertz CT molecular complexity index is 110. The average Bonchev–Trinajstić information content (AvgIpc) is 1.85. The predicted octanol–water partition coefficient (Wildman–Crippen LogP) is 1.57. The summed E-state index contributed by atoms with van der Waals surface area (Å²) in [7, 11) is 0. The normalized spacial score (nSPS) is 10.5. The zero-order chi connectivity index (χ0) is 8.69. The van der Waals surface area contributed by atoms with Crippen LogP contribution in [0.5, 0.6) is 0 Å². The second-order valence-corrected chi connectivity index (χ2v) is 2.97. The molecule has 0 rings (SSSR count). The molecule has 3 heteroatoms. The summed E-state index contributed by atoms with van der Waals surface area (Å²) in [5.41, 5.74) is 0. The maximum atomic E-state index is 10.3. The molecule has 0 amide bonds. The van der Waals surface area contributed by atoms with E-state index in [4.69, 9.17) is 4.89 Å². The van der Waals surface area contributed by atoms with Crippen molar-refractivity contribution in [1.82, 2.24) is 0 Å². The highest BCUT2D eigenvalue weighted by atomic mass is 17.2. The van der Waals surface area contributed by atoms with Crippen molar-refractivity contribution >= 4 is 5.78 Å². The largest absolute Gasteiger partial charge is 0.297 e. The summed E-state index contributed by atoms with van der Waals surface area (Å²) >= 11 is 0. The zero-order valence-electron chi connectivity index (χ0n) is 7.42. The fraction of sp³-hybridized carbons (Fsp3) is 0.875. The van der Waals surface area contributed by atoms with Gasteiger partial charge in [0.05, 0.1) is 6.61 Å². The number of Topliss-reactive ketones (excluding diaryl/α,β-unsaturated/α-hetero) is 1. The van der Waals surface area contributed by atoms with E-state index in [1.165, 1.54) is 6.92 Å². The van der Waals surface area contributed by atoms with Gasteiger partial charge in [-0.05, 0) is 19.3 Å². The van der Waals surface area contributed by atoms with Crippen molar-refractivity contribution in [3.63, 3.8) is 0 Å². The molecule has 0 atom stereocenters. The summed E-state index contributed by atoms with van der Waals surface area (Å²) in [5.74, 6) is 0.588. The summed E-state index contributed by atoms with van der Waals surface area (Å²) in [5, 5.41) is 0. The van der Waals surface area contributed by atoms with Crippen LogP contribution in [0.2, 0.25) is 0 Å². The maximum absolute atomic E-state index is 10.3. The lowest BCUT2D eigenvalue weighted by Crippen LogP contribution is -2.06. The van der Waals surface area contributed by atoms with E-state index in [-0.39, 0.29) is 12.4 Å². The molecule has 0 aromatic carbocycles. The lowest BCUT2D eigenvalue weighted by atomic mass is 10.1. The van der Waals surface area contributed by atoms with Crippen LogP contribution in [0.3, 0.4) is 0 Å². The van der Waals surface area contributed by atoms with Gasteiger partial charge in [-0.15, -0.1) is 0 Å². The molecule has 0 unspecified atom stereocenters. The Morgan fingerprint density at radius 1 is 1.36 bits per heavy atom. The molecule has 0 aliphatic carbocycles. The van der Waals surface area contributed by atoms with E-state index in [2.05, 4.69) is 18.7 Å². The van der Waals surface area contributed by atoms with Crippen LogP contribution < -0.4 is 0 Å². The number of hydrogen-bond donors (Lipinski definition) is 0. The topological polar surface area (TPSA) is 35.5 Å². The van der Waals surface area contributed by atoms with Gasteiger partial charge >= 0.3 is 0 Å². The van der Waals surface area contributed by atoms with Crippen LogP contribution >= 0.6 is 0 Å². The highest BCUT2D eigenvalue weighted by Crippen LogP contribution is 1.98. The summed E-state index contributed by atoms with van der Waals surface area (Å²) in [6, 6.07) is 0. The summed E-state index contributed by atoms with van der Waals surface area (Å²) in [4.78, 5) is 19.7. The molecule has 0 aromatic heterocycles. The number of ketones is 1. The van der Waals surface area contributed by atoms with Gasteiger partial charge in [0.1, 0.15) is 6.61 Å². The quantitative estimate of drug-likeness (QED) is 0.336. The Morgan fingerprint density at radius 2 is 2.00 bits per heavy atom. The van der Waals surface area contributed by atoms with Crippen LogP contribution in [-0.2, 0) is 14.6 Å². The van der Waals surface area contributed by atoms with Gasteiger partial charge in [0.2, 0.25) is 0 Å². The Morgan fingerprint density at radius 3 is 2.45 bits per heavy atom. The molecule has 0 N–H and O–H groups in total.